The number of amides is 1. The molecular weight excluding hydrogens is 348 g/mol. The molecule has 0 aliphatic carbocycles. The van der Waals surface area contributed by atoms with E-state index in [0.717, 1.165) is 11.6 Å². The molecule has 0 aliphatic heterocycles. The third-order valence-electron chi connectivity index (χ3n) is 3.42. The highest BCUT2D eigenvalue weighted by Gasteiger charge is 2.12. The van der Waals surface area contributed by atoms with Gasteiger partial charge < -0.3 is 9.84 Å². The van der Waals surface area contributed by atoms with Gasteiger partial charge in [-0.25, -0.2) is 0 Å². The number of benzene rings is 1. The Morgan fingerprint density at radius 3 is 2.80 bits per heavy atom. The van der Waals surface area contributed by atoms with Gasteiger partial charge in [-0.15, -0.1) is 0 Å². The van der Waals surface area contributed by atoms with E-state index in [1.54, 1.807) is 12.1 Å². The first-order valence-electron chi connectivity index (χ1n) is 7.31. The van der Waals surface area contributed by atoms with Crippen LogP contribution < -0.4 is 16.4 Å². The van der Waals surface area contributed by atoms with Gasteiger partial charge in [-0.3, -0.25) is 24.6 Å². The lowest BCUT2D eigenvalue weighted by Crippen LogP contribution is -2.29. The zero-order valence-corrected chi connectivity index (χ0v) is 13.6. The molecule has 3 aromatic rings. The van der Waals surface area contributed by atoms with Crippen molar-refractivity contribution in [3.63, 3.8) is 0 Å². The van der Waals surface area contributed by atoms with Gasteiger partial charge in [-0.2, -0.15) is 0 Å². The van der Waals surface area contributed by atoms with Crippen LogP contribution in [0.3, 0.4) is 0 Å². The van der Waals surface area contributed by atoms with Crippen molar-refractivity contribution in [1.82, 2.24) is 20.7 Å². The van der Waals surface area contributed by atoms with Crippen LogP contribution in [0.25, 0.3) is 11.3 Å². The predicted molar refractivity (Wildman–Crippen MR) is 90.2 cm³/mol. The predicted octanol–water partition coefficient (Wildman–Crippen LogP) is 1.23. The summed E-state index contributed by atoms with van der Waals surface area (Å²) < 4.78 is 5.17. The molecule has 0 spiro atoms. The molecule has 128 valence electrons. The molecule has 1 aromatic carbocycles. The van der Waals surface area contributed by atoms with Gasteiger partial charge in [0.2, 0.25) is 5.91 Å². The molecule has 1 amide bonds. The Morgan fingerprint density at radius 1 is 1.20 bits per heavy atom. The Kier molecular flexibility index (Phi) is 4.80. The smallest absolute Gasteiger partial charge is 0.266 e. The number of carbonyl (C=O) groups excluding carboxylic acids is 1. The molecule has 0 saturated heterocycles. The maximum absolute atomic E-state index is 11.9. The molecule has 2 aromatic heterocycles. The monoisotopic (exact) mass is 360 g/mol. The van der Waals surface area contributed by atoms with Gasteiger partial charge in [-0.05, 0) is 6.07 Å². The Labute approximate surface area is 145 Å². The molecule has 0 unspecified atom stereocenters. The van der Waals surface area contributed by atoms with Crippen molar-refractivity contribution in [2.24, 2.45) is 0 Å². The number of rotatable bonds is 5. The molecule has 0 radical (unpaired) electrons. The van der Waals surface area contributed by atoms with Crippen molar-refractivity contribution in [2.45, 2.75) is 13.0 Å². The van der Waals surface area contributed by atoms with E-state index in [4.69, 9.17) is 16.1 Å². The molecule has 3 rings (SSSR count). The third-order valence-corrected chi connectivity index (χ3v) is 3.75. The van der Waals surface area contributed by atoms with Crippen molar-refractivity contribution in [3.8, 4) is 11.3 Å². The third kappa shape index (κ3) is 4.04. The molecule has 0 saturated carbocycles. The molecule has 25 heavy (non-hydrogen) atoms. The summed E-state index contributed by atoms with van der Waals surface area (Å²) >= 11 is 6.10. The Morgan fingerprint density at radius 2 is 2.00 bits per heavy atom. The van der Waals surface area contributed by atoms with Crippen LogP contribution >= 0.6 is 11.6 Å². The summed E-state index contributed by atoms with van der Waals surface area (Å²) in [6.07, 6.45) is -0.217. The van der Waals surface area contributed by atoms with Gasteiger partial charge in [0.25, 0.3) is 11.1 Å². The van der Waals surface area contributed by atoms with Crippen LogP contribution in [-0.4, -0.2) is 21.3 Å². The molecule has 8 nitrogen and oxygen atoms in total. The minimum atomic E-state index is -0.518. The summed E-state index contributed by atoms with van der Waals surface area (Å²) in [5, 5.41) is 11.4. The standard InChI is InChI=1S/C16H13ClN4O4/c17-12-4-2-1-3-11(12)13-7-10(25-21-13)8-18-14(22)5-9-6-15(23)19-20-16(9)24/h1-4,6-7H,5,8H2,(H,18,22)(H,19,23)(H,20,24). The minimum absolute atomic E-state index is 0.0792. The van der Waals surface area contributed by atoms with E-state index in [2.05, 4.69) is 20.7 Å². The lowest BCUT2D eigenvalue weighted by molar-refractivity contribution is -0.120. The maximum atomic E-state index is 11.9. The number of aromatic amines is 2. The summed E-state index contributed by atoms with van der Waals surface area (Å²) in [7, 11) is 0. The van der Waals surface area contributed by atoms with E-state index in [1.807, 2.05) is 18.2 Å². The molecule has 0 bridgehead atoms. The maximum Gasteiger partial charge on any atom is 0.266 e. The second-order valence-electron chi connectivity index (χ2n) is 5.22. The second kappa shape index (κ2) is 7.18. The summed E-state index contributed by atoms with van der Waals surface area (Å²) in [5.41, 5.74) is 0.356. The van der Waals surface area contributed by atoms with Crippen molar-refractivity contribution in [3.05, 3.63) is 73.5 Å². The molecule has 0 aliphatic rings. The highest BCUT2D eigenvalue weighted by atomic mass is 35.5. The fourth-order valence-electron chi connectivity index (χ4n) is 2.20. The largest absolute Gasteiger partial charge is 0.359 e. The number of H-pyrrole nitrogens is 2. The van der Waals surface area contributed by atoms with Crippen molar-refractivity contribution >= 4 is 17.5 Å². The van der Waals surface area contributed by atoms with Crippen molar-refractivity contribution in [2.75, 3.05) is 0 Å². The first-order valence-corrected chi connectivity index (χ1v) is 7.69. The van der Waals surface area contributed by atoms with E-state index in [-0.39, 0.29) is 18.5 Å². The zero-order valence-electron chi connectivity index (χ0n) is 12.8. The second-order valence-corrected chi connectivity index (χ2v) is 5.63. The highest BCUT2D eigenvalue weighted by Crippen LogP contribution is 2.26. The van der Waals surface area contributed by atoms with Crippen LogP contribution in [0, 0.1) is 0 Å². The number of aromatic nitrogens is 3. The van der Waals surface area contributed by atoms with Gasteiger partial charge in [0.05, 0.1) is 18.0 Å². The lowest BCUT2D eigenvalue weighted by Gasteiger charge is -2.02. The van der Waals surface area contributed by atoms with Crippen LogP contribution in [-0.2, 0) is 17.8 Å². The Balaban J connectivity index is 1.63. The average Bonchev–Trinajstić information content (AvgIpc) is 3.05. The normalized spacial score (nSPS) is 10.6. The van der Waals surface area contributed by atoms with Crippen LogP contribution in [0.15, 0.2) is 50.5 Å². The van der Waals surface area contributed by atoms with E-state index in [1.165, 1.54) is 0 Å². The number of halogens is 1. The number of hydrogen-bond donors (Lipinski definition) is 3. The average molecular weight is 361 g/mol. The van der Waals surface area contributed by atoms with Crippen LogP contribution in [0.4, 0.5) is 0 Å². The molecule has 2 heterocycles. The minimum Gasteiger partial charge on any atom is -0.359 e. The van der Waals surface area contributed by atoms with E-state index >= 15 is 0 Å². The summed E-state index contributed by atoms with van der Waals surface area (Å²) in [5.74, 6) is 0.00915. The van der Waals surface area contributed by atoms with Crippen LogP contribution in [0.5, 0.6) is 0 Å². The first-order chi connectivity index (χ1) is 12.0. The van der Waals surface area contributed by atoms with Crippen LogP contribution in [0.2, 0.25) is 5.02 Å². The summed E-state index contributed by atoms with van der Waals surface area (Å²) in [4.78, 5) is 34.6. The topological polar surface area (TPSA) is 121 Å². The number of hydrogen-bond acceptors (Lipinski definition) is 5. The van der Waals surface area contributed by atoms with Gasteiger partial charge >= 0.3 is 0 Å². The molecule has 0 atom stereocenters. The van der Waals surface area contributed by atoms with E-state index in [0.29, 0.717) is 16.5 Å². The molecule has 3 N–H and O–H groups in total. The fraction of sp³-hybridized carbons (Fsp3) is 0.125. The van der Waals surface area contributed by atoms with Gasteiger partial charge in [0.1, 0.15) is 5.69 Å². The van der Waals surface area contributed by atoms with Crippen LogP contribution in [0.1, 0.15) is 11.3 Å². The van der Waals surface area contributed by atoms with E-state index in [9.17, 15) is 14.4 Å². The highest BCUT2D eigenvalue weighted by molar-refractivity contribution is 6.33. The molecule has 9 heteroatoms. The SMILES string of the molecule is O=C(Cc1cc(=O)[nH][nH]c1=O)NCc1cc(-c2ccccc2Cl)no1. The quantitative estimate of drug-likeness (QED) is 0.632. The summed E-state index contributed by atoms with van der Waals surface area (Å²) in [6, 6.07) is 9.94. The van der Waals surface area contributed by atoms with Gasteiger partial charge in [0, 0.05) is 23.3 Å². The number of nitrogens with one attached hydrogen (secondary N) is 3. The Bertz CT molecular complexity index is 1020. The number of nitrogens with zero attached hydrogens (tertiary/aromatic N) is 1. The molecule has 0 fully saturated rings. The lowest BCUT2D eigenvalue weighted by atomic mass is 10.1. The van der Waals surface area contributed by atoms with Crippen molar-refractivity contribution in [1.29, 1.82) is 0 Å². The zero-order chi connectivity index (χ0) is 17.8. The first kappa shape index (κ1) is 16.7. The Hall–Kier alpha value is -3.13. The van der Waals surface area contributed by atoms with Crippen molar-refractivity contribution < 1.29 is 9.32 Å². The van der Waals surface area contributed by atoms with E-state index < -0.39 is 17.0 Å². The fourth-order valence-corrected chi connectivity index (χ4v) is 2.44. The van der Waals surface area contributed by atoms with Gasteiger partial charge in [-0.1, -0.05) is 35.0 Å². The number of carbonyl (C=O) groups is 1. The summed E-state index contributed by atoms with van der Waals surface area (Å²) in [6.45, 7) is 0.0946. The van der Waals surface area contributed by atoms with Gasteiger partial charge in [0.15, 0.2) is 5.76 Å². The molecular formula is C16H13ClN4O4.